The number of nitrogens with one attached hydrogen (secondary N) is 3. The Bertz CT molecular complexity index is 705. The van der Waals surface area contributed by atoms with E-state index in [4.69, 9.17) is 0 Å². The van der Waals surface area contributed by atoms with Gasteiger partial charge in [0.25, 0.3) is 5.56 Å². The van der Waals surface area contributed by atoms with Crippen LogP contribution in [-0.4, -0.2) is 27.4 Å². The van der Waals surface area contributed by atoms with Crippen LogP contribution in [0.2, 0.25) is 0 Å². The van der Waals surface area contributed by atoms with E-state index in [2.05, 4.69) is 36.7 Å². The zero-order valence-corrected chi connectivity index (χ0v) is 11.8. The lowest BCUT2D eigenvalue weighted by Gasteiger charge is -2.00. The molecule has 0 bridgehead atoms. The van der Waals surface area contributed by atoms with Crippen LogP contribution in [0.15, 0.2) is 38.6 Å². The molecule has 0 aliphatic carbocycles. The lowest BCUT2D eigenvalue weighted by atomic mass is 10.2. The van der Waals surface area contributed by atoms with Crippen molar-refractivity contribution in [3.05, 3.63) is 50.3 Å². The van der Waals surface area contributed by atoms with Crippen LogP contribution >= 0.6 is 15.9 Å². The molecule has 0 saturated heterocycles. The van der Waals surface area contributed by atoms with E-state index in [1.54, 1.807) is 12.1 Å². The summed E-state index contributed by atoms with van der Waals surface area (Å²) in [5, 5.41) is 18.2. The highest BCUT2D eigenvalue weighted by Gasteiger charge is 2.04. The SMILES string of the molecule is O=C(Cc1cc(=O)[nH][nH]1)N/N=C/c1cc(Br)ccc1O. The molecular formula is C12H11BrN4O3. The maximum atomic E-state index is 11.5. The lowest BCUT2D eigenvalue weighted by molar-refractivity contribution is -0.120. The minimum atomic E-state index is -0.383. The first-order valence-electron chi connectivity index (χ1n) is 5.61. The molecule has 1 amide bonds. The maximum Gasteiger partial charge on any atom is 0.264 e. The zero-order chi connectivity index (χ0) is 14.5. The number of aromatic amines is 2. The second-order valence-corrected chi connectivity index (χ2v) is 4.87. The smallest absolute Gasteiger partial charge is 0.264 e. The summed E-state index contributed by atoms with van der Waals surface area (Å²) >= 11 is 3.27. The van der Waals surface area contributed by atoms with E-state index >= 15 is 0 Å². The molecule has 0 aliphatic rings. The Morgan fingerprint density at radius 3 is 2.90 bits per heavy atom. The fraction of sp³-hybridized carbons (Fsp3) is 0.0833. The van der Waals surface area contributed by atoms with Crippen LogP contribution in [0, 0.1) is 0 Å². The summed E-state index contributed by atoms with van der Waals surface area (Å²) in [7, 11) is 0. The molecule has 0 unspecified atom stereocenters. The predicted octanol–water partition coefficient (Wildman–Crippen LogP) is 0.864. The largest absolute Gasteiger partial charge is 0.507 e. The first kappa shape index (κ1) is 14.1. The van der Waals surface area contributed by atoms with Crippen LogP contribution in [0.1, 0.15) is 11.3 Å². The highest BCUT2D eigenvalue weighted by molar-refractivity contribution is 9.10. The van der Waals surface area contributed by atoms with E-state index in [1.165, 1.54) is 18.3 Å². The average Bonchev–Trinajstić information content (AvgIpc) is 2.79. The van der Waals surface area contributed by atoms with E-state index in [9.17, 15) is 14.7 Å². The van der Waals surface area contributed by atoms with Crippen molar-refractivity contribution in [3.8, 4) is 5.75 Å². The number of nitrogens with zero attached hydrogens (tertiary/aromatic N) is 1. The number of benzene rings is 1. The number of phenols is 1. The summed E-state index contributed by atoms with van der Waals surface area (Å²) in [5.74, 6) is -0.327. The van der Waals surface area contributed by atoms with Gasteiger partial charge in [-0.25, -0.2) is 5.43 Å². The van der Waals surface area contributed by atoms with Gasteiger partial charge < -0.3 is 10.2 Å². The number of aromatic hydroxyl groups is 1. The van der Waals surface area contributed by atoms with Gasteiger partial charge in [-0.2, -0.15) is 5.10 Å². The molecule has 8 heteroatoms. The van der Waals surface area contributed by atoms with Gasteiger partial charge in [0.2, 0.25) is 5.91 Å². The van der Waals surface area contributed by atoms with Gasteiger partial charge in [0.05, 0.1) is 12.6 Å². The number of aromatic nitrogens is 2. The summed E-state index contributed by atoms with van der Waals surface area (Å²) in [6.07, 6.45) is 1.33. The van der Waals surface area contributed by atoms with Crippen LogP contribution in [0.25, 0.3) is 0 Å². The van der Waals surface area contributed by atoms with Gasteiger partial charge in [-0.05, 0) is 18.2 Å². The normalized spacial score (nSPS) is 10.8. The topological polar surface area (TPSA) is 110 Å². The van der Waals surface area contributed by atoms with E-state index in [-0.39, 0.29) is 23.6 Å². The van der Waals surface area contributed by atoms with Gasteiger partial charge in [0.1, 0.15) is 5.75 Å². The molecule has 1 aromatic carbocycles. The van der Waals surface area contributed by atoms with Crippen molar-refractivity contribution >= 4 is 28.1 Å². The fourth-order valence-corrected chi connectivity index (χ4v) is 1.86. The third-order valence-electron chi connectivity index (χ3n) is 2.39. The van der Waals surface area contributed by atoms with Gasteiger partial charge in [-0.15, -0.1) is 0 Å². The first-order chi connectivity index (χ1) is 9.54. The Kier molecular flexibility index (Phi) is 4.36. The van der Waals surface area contributed by atoms with E-state index < -0.39 is 0 Å². The number of carbonyl (C=O) groups excluding carboxylic acids is 1. The quantitative estimate of drug-likeness (QED) is 0.490. The van der Waals surface area contributed by atoms with Gasteiger partial charge >= 0.3 is 0 Å². The van der Waals surface area contributed by atoms with Crippen molar-refractivity contribution in [1.29, 1.82) is 0 Å². The Balaban J connectivity index is 1.94. The second kappa shape index (κ2) is 6.20. The molecule has 2 rings (SSSR count). The van der Waals surface area contributed by atoms with Crippen molar-refractivity contribution in [3.63, 3.8) is 0 Å². The molecule has 1 aromatic heterocycles. The van der Waals surface area contributed by atoms with Crippen LogP contribution in [0.5, 0.6) is 5.75 Å². The number of hydrogen-bond donors (Lipinski definition) is 4. The van der Waals surface area contributed by atoms with Crippen LogP contribution < -0.4 is 11.0 Å². The summed E-state index contributed by atoms with van der Waals surface area (Å²) in [4.78, 5) is 22.4. The van der Waals surface area contributed by atoms with Crippen molar-refractivity contribution in [2.45, 2.75) is 6.42 Å². The fourth-order valence-electron chi connectivity index (χ4n) is 1.48. The number of halogens is 1. The van der Waals surface area contributed by atoms with Gasteiger partial charge in [-0.1, -0.05) is 15.9 Å². The van der Waals surface area contributed by atoms with Gasteiger partial charge in [0, 0.05) is 21.8 Å². The number of H-pyrrole nitrogens is 2. The molecule has 0 fully saturated rings. The minimum Gasteiger partial charge on any atom is -0.507 e. The van der Waals surface area contributed by atoms with Gasteiger partial charge in [0.15, 0.2) is 0 Å². The van der Waals surface area contributed by atoms with E-state index in [0.717, 1.165) is 4.47 Å². The molecule has 4 N–H and O–H groups in total. The monoisotopic (exact) mass is 338 g/mol. The van der Waals surface area contributed by atoms with Gasteiger partial charge in [-0.3, -0.25) is 14.7 Å². The summed E-state index contributed by atoms with van der Waals surface area (Å²) in [6.45, 7) is 0. The van der Waals surface area contributed by atoms with Crippen LogP contribution in [-0.2, 0) is 11.2 Å². The summed E-state index contributed by atoms with van der Waals surface area (Å²) in [5.41, 5.74) is 2.94. The molecule has 2 aromatic rings. The van der Waals surface area contributed by atoms with E-state index in [0.29, 0.717) is 11.3 Å². The minimum absolute atomic E-state index is 0.000542. The van der Waals surface area contributed by atoms with Crippen molar-refractivity contribution in [2.24, 2.45) is 5.10 Å². The average molecular weight is 339 g/mol. The Hall–Kier alpha value is -2.35. The summed E-state index contributed by atoms with van der Waals surface area (Å²) < 4.78 is 0.785. The first-order valence-corrected chi connectivity index (χ1v) is 6.41. The van der Waals surface area contributed by atoms with E-state index in [1.807, 2.05) is 0 Å². The lowest BCUT2D eigenvalue weighted by Crippen LogP contribution is -2.20. The highest BCUT2D eigenvalue weighted by atomic mass is 79.9. The molecule has 0 saturated carbocycles. The van der Waals surface area contributed by atoms with Crippen molar-refractivity contribution in [2.75, 3.05) is 0 Å². The van der Waals surface area contributed by atoms with Crippen molar-refractivity contribution in [1.82, 2.24) is 15.6 Å². The summed E-state index contributed by atoms with van der Waals surface area (Å²) in [6, 6.07) is 6.16. The molecule has 0 radical (unpaired) electrons. The highest BCUT2D eigenvalue weighted by Crippen LogP contribution is 2.19. The van der Waals surface area contributed by atoms with Crippen molar-refractivity contribution < 1.29 is 9.90 Å². The van der Waals surface area contributed by atoms with Crippen LogP contribution in [0.4, 0.5) is 0 Å². The second-order valence-electron chi connectivity index (χ2n) is 3.96. The molecular weight excluding hydrogens is 328 g/mol. The third-order valence-corrected chi connectivity index (χ3v) is 2.88. The molecule has 0 aliphatic heterocycles. The number of amides is 1. The molecule has 7 nitrogen and oxygen atoms in total. The number of hydrogen-bond acceptors (Lipinski definition) is 4. The number of carbonyl (C=O) groups is 1. The number of rotatable bonds is 4. The van der Waals surface area contributed by atoms with Crippen LogP contribution in [0.3, 0.4) is 0 Å². The standard InChI is InChI=1S/C12H11BrN4O3/c13-8-1-2-10(18)7(3-8)6-14-16-11(19)4-9-5-12(20)17-15-9/h1-3,5-6,18H,4H2,(H,16,19)(H2,15,17,20)/b14-6+. The Morgan fingerprint density at radius 2 is 2.20 bits per heavy atom. The molecule has 1 heterocycles. The molecule has 0 spiro atoms. The maximum absolute atomic E-state index is 11.5. The predicted molar refractivity (Wildman–Crippen MR) is 76.7 cm³/mol. The Morgan fingerprint density at radius 1 is 1.40 bits per heavy atom. The number of phenolic OH excluding ortho intramolecular Hbond substituents is 1. The molecule has 0 atom stereocenters. The molecule has 104 valence electrons. The number of hydrazone groups is 1. The molecule has 20 heavy (non-hydrogen) atoms. The zero-order valence-electron chi connectivity index (χ0n) is 10.2. The Labute approximate surface area is 121 Å². The third kappa shape index (κ3) is 3.82.